The van der Waals surface area contributed by atoms with E-state index in [0.717, 1.165) is 13.0 Å². The van der Waals surface area contributed by atoms with Gasteiger partial charge in [-0.05, 0) is 17.7 Å². The number of pyridine rings is 1. The van der Waals surface area contributed by atoms with Crippen molar-refractivity contribution in [3.05, 3.63) is 41.1 Å². The van der Waals surface area contributed by atoms with E-state index in [2.05, 4.69) is 9.72 Å². The van der Waals surface area contributed by atoms with Crippen molar-refractivity contribution in [1.29, 1.82) is 0 Å². The van der Waals surface area contributed by atoms with E-state index in [9.17, 15) is 31.1 Å². The van der Waals surface area contributed by atoms with Crippen molar-refractivity contribution in [3.63, 3.8) is 0 Å². The summed E-state index contributed by atoms with van der Waals surface area (Å²) < 4.78 is 83.1. The predicted molar refractivity (Wildman–Crippen MR) is 77.0 cm³/mol. The smallest absolute Gasteiger partial charge is 0.433 e. The summed E-state index contributed by atoms with van der Waals surface area (Å²) in [5, 5.41) is -1.48. The second kappa shape index (κ2) is 6.70. The Morgan fingerprint density at radius 2 is 1.84 bits per heavy atom. The lowest BCUT2D eigenvalue weighted by Gasteiger charge is -2.18. The zero-order chi connectivity index (χ0) is 19.0. The number of para-hydroxylation sites is 1. The number of fused-ring (bicyclic) bond motifs is 1. The van der Waals surface area contributed by atoms with Gasteiger partial charge in [-0.15, -0.1) is 11.6 Å². The highest BCUT2D eigenvalue weighted by Crippen LogP contribution is 2.39. The molecule has 1 aromatic carbocycles. The Hall–Kier alpha value is -2.03. The van der Waals surface area contributed by atoms with Crippen molar-refractivity contribution in [1.82, 2.24) is 4.98 Å². The van der Waals surface area contributed by atoms with Crippen LogP contribution in [0.25, 0.3) is 10.9 Å². The Bertz CT molecular complexity index is 803. The fraction of sp³-hybridized carbons (Fsp3) is 0.333. The van der Waals surface area contributed by atoms with Crippen molar-refractivity contribution in [2.75, 3.05) is 6.61 Å². The summed E-state index contributed by atoms with van der Waals surface area (Å²) >= 11 is 5.96. The van der Waals surface area contributed by atoms with E-state index in [1.165, 1.54) is 6.07 Å². The molecule has 0 saturated heterocycles. The molecule has 0 aliphatic rings. The van der Waals surface area contributed by atoms with E-state index in [-0.39, 0.29) is 10.9 Å². The second-order valence-electron chi connectivity index (χ2n) is 5.06. The standard InChI is InChI=1S/C15H10ClF6NO2/c1-7(24)25-6-11(16)9-5-12(15(20,21)22)23-13-8(9)3-2-4-10(13)14(17,18)19/h2-5,11H,6H2,1H3. The molecule has 0 spiro atoms. The van der Waals surface area contributed by atoms with Crippen LogP contribution < -0.4 is 0 Å². The van der Waals surface area contributed by atoms with Gasteiger partial charge in [-0.2, -0.15) is 26.3 Å². The summed E-state index contributed by atoms with van der Waals surface area (Å²) in [7, 11) is 0. The van der Waals surface area contributed by atoms with Gasteiger partial charge >= 0.3 is 18.3 Å². The Balaban J connectivity index is 2.73. The third-order valence-corrected chi connectivity index (χ3v) is 3.60. The lowest BCUT2D eigenvalue weighted by molar-refractivity contribution is -0.142. The van der Waals surface area contributed by atoms with Gasteiger partial charge in [0.15, 0.2) is 0 Å². The first-order valence-corrected chi connectivity index (χ1v) is 7.20. The molecule has 1 atom stereocenters. The molecule has 25 heavy (non-hydrogen) atoms. The van der Waals surface area contributed by atoms with Crippen LogP contribution in [0, 0.1) is 0 Å². The highest BCUT2D eigenvalue weighted by atomic mass is 35.5. The molecule has 0 aliphatic heterocycles. The molecule has 0 aliphatic carbocycles. The highest BCUT2D eigenvalue weighted by molar-refractivity contribution is 6.22. The lowest BCUT2D eigenvalue weighted by atomic mass is 10.0. The maximum absolute atomic E-state index is 13.1. The molecule has 1 aromatic heterocycles. The number of rotatable bonds is 3. The molecule has 2 aromatic rings. The van der Waals surface area contributed by atoms with Crippen LogP contribution in [-0.4, -0.2) is 17.6 Å². The number of esters is 1. The van der Waals surface area contributed by atoms with Crippen LogP contribution in [0.4, 0.5) is 26.3 Å². The minimum absolute atomic E-state index is 0.199. The quantitative estimate of drug-likeness (QED) is 0.418. The number of benzene rings is 1. The van der Waals surface area contributed by atoms with Crippen LogP contribution in [-0.2, 0) is 21.9 Å². The van der Waals surface area contributed by atoms with E-state index >= 15 is 0 Å². The molecule has 1 heterocycles. The summed E-state index contributed by atoms with van der Waals surface area (Å²) in [5.41, 5.74) is -3.95. The number of hydrogen-bond donors (Lipinski definition) is 0. The topological polar surface area (TPSA) is 39.2 Å². The van der Waals surface area contributed by atoms with Crippen LogP contribution in [0.5, 0.6) is 0 Å². The van der Waals surface area contributed by atoms with Gasteiger partial charge in [-0.25, -0.2) is 4.98 Å². The van der Waals surface area contributed by atoms with E-state index in [0.29, 0.717) is 12.1 Å². The summed E-state index contributed by atoms with van der Waals surface area (Å²) in [6.45, 7) is 0.570. The lowest BCUT2D eigenvalue weighted by Crippen LogP contribution is -2.14. The van der Waals surface area contributed by atoms with Crippen molar-refractivity contribution >= 4 is 28.5 Å². The Kier molecular flexibility index (Phi) is 5.17. The van der Waals surface area contributed by atoms with E-state index in [1.54, 1.807) is 0 Å². The molecule has 2 rings (SSSR count). The summed E-state index contributed by atoms with van der Waals surface area (Å²) in [6.07, 6.45) is -9.87. The number of ether oxygens (including phenoxy) is 1. The molecule has 0 N–H and O–H groups in total. The highest BCUT2D eigenvalue weighted by Gasteiger charge is 2.38. The number of carbonyl (C=O) groups excluding carboxylic acids is 1. The van der Waals surface area contributed by atoms with Crippen molar-refractivity contribution < 1.29 is 35.9 Å². The molecular weight excluding hydrogens is 376 g/mol. The first-order chi connectivity index (χ1) is 11.4. The maximum Gasteiger partial charge on any atom is 0.433 e. The largest absolute Gasteiger partial charge is 0.464 e. The van der Waals surface area contributed by atoms with Gasteiger partial charge in [-0.3, -0.25) is 4.79 Å². The van der Waals surface area contributed by atoms with Gasteiger partial charge in [0.25, 0.3) is 0 Å². The minimum atomic E-state index is -4.97. The van der Waals surface area contributed by atoms with Crippen LogP contribution in [0.2, 0.25) is 0 Å². The molecule has 0 radical (unpaired) electrons. The average molecular weight is 386 g/mol. The van der Waals surface area contributed by atoms with E-state index < -0.39 is 47.1 Å². The molecule has 10 heteroatoms. The van der Waals surface area contributed by atoms with Crippen LogP contribution in [0.1, 0.15) is 29.1 Å². The third-order valence-electron chi connectivity index (χ3n) is 3.24. The molecule has 0 fully saturated rings. The van der Waals surface area contributed by atoms with Crippen molar-refractivity contribution in [2.24, 2.45) is 0 Å². The van der Waals surface area contributed by atoms with Gasteiger partial charge in [0.2, 0.25) is 0 Å². The number of aromatic nitrogens is 1. The van der Waals surface area contributed by atoms with Crippen molar-refractivity contribution in [2.45, 2.75) is 24.7 Å². The normalized spacial score (nSPS) is 13.8. The number of nitrogens with zero attached hydrogens (tertiary/aromatic N) is 1. The molecular formula is C15H10ClF6NO2. The molecule has 1 unspecified atom stereocenters. The number of carbonyl (C=O) groups is 1. The van der Waals surface area contributed by atoms with E-state index in [4.69, 9.17) is 11.6 Å². The van der Waals surface area contributed by atoms with Crippen molar-refractivity contribution in [3.8, 4) is 0 Å². The zero-order valence-electron chi connectivity index (χ0n) is 12.5. The number of alkyl halides is 7. The average Bonchev–Trinajstić information content (AvgIpc) is 2.48. The van der Waals surface area contributed by atoms with Gasteiger partial charge in [0.05, 0.1) is 16.5 Å². The van der Waals surface area contributed by atoms with E-state index in [1.807, 2.05) is 0 Å². The molecule has 3 nitrogen and oxygen atoms in total. The molecule has 0 bridgehead atoms. The maximum atomic E-state index is 13.1. The summed E-state index contributed by atoms with van der Waals surface area (Å²) in [4.78, 5) is 14.0. The third kappa shape index (κ3) is 4.33. The Labute approximate surface area is 142 Å². The monoisotopic (exact) mass is 385 g/mol. The van der Waals surface area contributed by atoms with Crippen LogP contribution in [0.3, 0.4) is 0 Å². The Morgan fingerprint density at radius 1 is 1.20 bits per heavy atom. The SMILES string of the molecule is CC(=O)OCC(Cl)c1cc(C(F)(F)F)nc2c(C(F)(F)F)cccc12. The molecule has 0 saturated carbocycles. The number of hydrogen-bond acceptors (Lipinski definition) is 3. The predicted octanol–water partition coefficient (Wildman–Crippen LogP) is 5.12. The fourth-order valence-corrected chi connectivity index (χ4v) is 2.43. The first-order valence-electron chi connectivity index (χ1n) is 6.76. The summed E-state index contributed by atoms with van der Waals surface area (Å²) in [6, 6.07) is 3.41. The zero-order valence-corrected chi connectivity index (χ0v) is 13.3. The Morgan fingerprint density at radius 3 is 2.36 bits per heavy atom. The second-order valence-corrected chi connectivity index (χ2v) is 5.59. The van der Waals surface area contributed by atoms with Gasteiger partial charge in [0, 0.05) is 12.3 Å². The van der Waals surface area contributed by atoms with Gasteiger partial charge in [-0.1, -0.05) is 12.1 Å². The molecule has 0 amide bonds. The minimum Gasteiger partial charge on any atom is -0.464 e. The van der Waals surface area contributed by atoms with Crippen LogP contribution in [0.15, 0.2) is 24.3 Å². The fourth-order valence-electron chi connectivity index (χ4n) is 2.19. The van der Waals surface area contributed by atoms with Gasteiger partial charge in [0.1, 0.15) is 12.3 Å². The van der Waals surface area contributed by atoms with Gasteiger partial charge < -0.3 is 4.74 Å². The summed E-state index contributed by atoms with van der Waals surface area (Å²) in [5.74, 6) is -0.726. The first kappa shape index (κ1) is 19.3. The molecule has 136 valence electrons. The van der Waals surface area contributed by atoms with Crippen LogP contribution >= 0.6 is 11.6 Å². The number of halogens is 7.